The van der Waals surface area contributed by atoms with E-state index in [1.807, 2.05) is 6.07 Å². The molecule has 0 saturated carbocycles. The molecule has 0 aliphatic rings. The van der Waals surface area contributed by atoms with Gasteiger partial charge in [-0.3, -0.25) is 10.1 Å². The van der Waals surface area contributed by atoms with Gasteiger partial charge in [-0.2, -0.15) is 0 Å². The number of hydrogen-bond acceptors (Lipinski definition) is 4. The molecule has 0 aliphatic carbocycles. The first-order chi connectivity index (χ1) is 8.56. The minimum atomic E-state index is -0.424. The molecule has 0 fully saturated rings. The highest BCUT2D eigenvalue weighted by Gasteiger charge is 2.18. The Bertz CT molecular complexity index is 424. The van der Waals surface area contributed by atoms with Crippen LogP contribution < -0.4 is 10.1 Å². The average molecular weight is 317 g/mol. The van der Waals surface area contributed by atoms with Crippen molar-refractivity contribution in [3.63, 3.8) is 0 Å². The normalized spacial score (nSPS) is 10.4. The van der Waals surface area contributed by atoms with E-state index in [1.165, 1.54) is 6.07 Å². The first-order valence-electron chi connectivity index (χ1n) is 5.84. The average Bonchev–Trinajstić information content (AvgIpc) is 2.30. The highest BCUT2D eigenvalue weighted by Crippen LogP contribution is 2.33. The first-order valence-corrected chi connectivity index (χ1v) is 6.63. The fourth-order valence-corrected chi connectivity index (χ4v) is 2.12. The molecule has 18 heavy (non-hydrogen) atoms. The maximum atomic E-state index is 11.0. The lowest BCUT2D eigenvalue weighted by atomic mass is 10.2. The third-order valence-corrected chi connectivity index (χ3v) is 2.83. The molecule has 1 N–H and O–H groups in total. The van der Waals surface area contributed by atoms with Crippen molar-refractivity contribution in [2.75, 3.05) is 19.7 Å². The molecule has 0 spiro atoms. The SMILES string of the molecule is CCCNCCOc1c(C)cc(Br)cc1[N+](=O)[O-]. The smallest absolute Gasteiger partial charge is 0.312 e. The van der Waals surface area contributed by atoms with Gasteiger partial charge in [-0.25, -0.2) is 0 Å². The van der Waals surface area contributed by atoms with Crippen LogP contribution in [0.2, 0.25) is 0 Å². The van der Waals surface area contributed by atoms with Gasteiger partial charge in [-0.15, -0.1) is 0 Å². The number of benzene rings is 1. The van der Waals surface area contributed by atoms with E-state index in [4.69, 9.17) is 4.74 Å². The van der Waals surface area contributed by atoms with Crippen LogP contribution in [-0.4, -0.2) is 24.6 Å². The van der Waals surface area contributed by atoms with E-state index >= 15 is 0 Å². The molecule has 0 radical (unpaired) electrons. The number of nitro benzene ring substituents is 1. The summed E-state index contributed by atoms with van der Waals surface area (Å²) in [5.74, 6) is 0.349. The highest BCUT2D eigenvalue weighted by atomic mass is 79.9. The molecule has 0 aliphatic heterocycles. The van der Waals surface area contributed by atoms with Gasteiger partial charge in [-0.05, 0) is 31.5 Å². The third kappa shape index (κ3) is 4.27. The van der Waals surface area contributed by atoms with Gasteiger partial charge < -0.3 is 10.1 Å². The largest absolute Gasteiger partial charge is 0.485 e. The number of rotatable bonds is 7. The first kappa shape index (κ1) is 14.9. The lowest BCUT2D eigenvalue weighted by Gasteiger charge is -2.10. The monoisotopic (exact) mass is 316 g/mol. The summed E-state index contributed by atoms with van der Waals surface area (Å²) in [6, 6.07) is 3.27. The van der Waals surface area contributed by atoms with Crippen LogP contribution in [-0.2, 0) is 0 Å². The number of nitrogens with one attached hydrogen (secondary N) is 1. The van der Waals surface area contributed by atoms with Crippen molar-refractivity contribution < 1.29 is 9.66 Å². The summed E-state index contributed by atoms with van der Waals surface area (Å²) in [5, 5.41) is 14.1. The second kappa shape index (κ2) is 7.33. The lowest BCUT2D eigenvalue weighted by molar-refractivity contribution is -0.386. The minimum absolute atomic E-state index is 0.00244. The summed E-state index contributed by atoms with van der Waals surface area (Å²) in [6.07, 6.45) is 1.05. The van der Waals surface area contributed by atoms with E-state index in [0.717, 1.165) is 18.5 Å². The van der Waals surface area contributed by atoms with E-state index in [2.05, 4.69) is 28.2 Å². The van der Waals surface area contributed by atoms with Crippen LogP contribution in [0.1, 0.15) is 18.9 Å². The van der Waals surface area contributed by atoms with Crippen LogP contribution in [0.4, 0.5) is 5.69 Å². The van der Waals surface area contributed by atoms with Gasteiger partial charge in [0.05, 0.1) is 4.92 Å². The molecule has 0 saturated heterocycles. The second-order valence-electron chi connectivity index (χ2n) is 3.93. The molecule has 1 aromatic rings. The van der Waals surface area contributed by atoms with E-state index in [0.29, 0.717) is 23.4 Å². The van der Waals surface area contributed by atoms with Crippen LogP contribution in [0.15, 0.2) is 16.6 Å². The fraction of sp³-hybridized carbons (Fsp3) is 0.500. The predicted molar refractivity (Wildman–Crippen MR) is 74.2 cm³/mol. The second-order valence-corrected chi connectivity index (χ2v) is 4.84. The van der Waals surface area contributed by atoms with Crippen LogP contribution in [0.25, 0.3) is 0 Å². The Morgan fingerprint density at radius 1 is 1.44 bits per heavy atom. The number of aryl methyl sites for hydroxylation is 1. The lowest BCUT2D eigenvalue weighted by Crippen LogP contribution is -2.22. The molecule has 0 unspecified atom stereocenters. The standard InChI is InChI=1S/C12H17BrN2O3/c1-3-4-14-5-6-18-12-9(2)7-10(13)8-11(12)15(16)17/h7-8,14H,3-6H2,1-2H3. The van der Waals surface area contributed by atoms with Crippen molar-refractivity contribution in [1.82, 2.24) is 5.32 Å². The van der Waals surface area contributed by atoms with E-state index in [1.54, 1.807) is 6.92 Å². The molecular formula is C12H17BrN2O3. The van der Waals surface area contributed by atoms with Gasteiger partial charge in [-0.1, -0.05) is 22.9 Å². The van der Waals surface area contributed by atoms with E-state index in [9.17, 15) is 10.1 Å². The van der Waals surface area contributed by atoms with Gasteiger partial charge in [0, 0.05) is 17.1 Å². The number of nitrogens with zero attached hydrogens (tertiary/aromatic N) is 1. The molecule has 0 amide bonds. The van der Waals surface area contributed by atoms with Gasteiger partial charge in [0.15, 0.2) is 5.75 Å². The van der Waals surface area contributed by atoms with Crippen molar-refractivity contribution in [1.29, 1.82) is 0 Å². The molecule has 5 nitrogen and oxygen atoms in total. The van der Waals surface area contributed by atoms with Crippen molar-refractivity contribution in [3.8, 4) is 5.75 Å². The topological polar surface area (TPSA) is 64.4 Å². The fourth-order valence-electron chi connectivity index (χ4n) is 1.56. The Balaban J connectivity index is 2.71. The number of ether oxygens (including phenoxy) is 1. The number of halogens is 1. The van der Waals surface area contributed by atoms with Crippen LogP contribution >= 0.6 is 15.9 Å². The van der Waals surface area contributed by atoms with Crippen molar-refractivity contribution in [2.45, 2.75) is 20.3 Å². The summed E-state index contributed by atoms with van der Waals surface area (Å²) >= 11 is 3.25. The highest BCUT2D eigenvalue weighted by molar-refractivity contribution is 9.10. The zero-order valence-electron chi connectivity index (χ0n) is 10.5. The van der Waals surface area contributed by atoms with Crippen molar-refractivity contribution in [3.05, 3.63) is 32.3 Å². The third-order valence-electron chi connectivity index (χ3n) is 2.37. The quantitative estimate of drug-likeness (QED) is 0.477. The Kier molecular flexibility index (Phi) is 6.07. The molecule has 1 aromatic carbocycles. The Morgan fingerprint density at radius 2 is 2.17 bits per heavy atom. The van der Waals surface area contributed by atoms with Crippen LogP contribution in [0, 0.1) is 17.0 Å². The van der Waals surface area contributed by atoms with Crippen LogP contribution in [0.5, 0.6) is 5.75 Å². The molecule has 0 heterocycles. The predicted octanol–water partition coefficient (Wildman–Crippen LogP) is 3.04. The summed E-state index contributed by atoms with van der Waals surface area (Å²) in [7, 11) is 0. The summed E-state index contributed by atoms with van der Waals surface area (Å²) in [6.45, 7) is 5.90. The molecular weight excluding hydrogens is 300 g/mol. The molecule has 0 bridgehead atoms. The zero-order chi connectivity index (χ0) is 13.5. The molecule has 0 atom stereocenters. The Morgan fingerprint density at radius 3 is 2.78 bits per heavy atom. The summed E-state index contributed by atoms with van der Waals surface area (Å²) in [4.78, 5) is 10.5. The Labute approximate surface area is 115 Å². The van der Waals surface area contributed by atoms with Gasteiger partial charge in [0.25, 0.3) is 0 Å². The molecule has 0 aromatic heterocycles. The van der Waals surface area contributed by atoms with E-state index < -0.39 is 4.92 Å². The van der Waals surface area contributed by atoms with Crippen LogP contribution in [0.3, 0.4) is 0 Å². The molecule has 6 heteroatoms. The Hall–Kier alpha value is -1.14. The maximum absolute atomic E-state index is 11.0. The number of hydrogen-bond donors (Lipinski definition) is 1. The van der Waals surface area contributed by atoms with Gasteiger partial charge in [0.2, 0.25) is 0 Å². The minimum Gasteiger partial charge on any atom is -0.485 e. The van der Waals surface area contributed by atoms with E-state index in [-0.39, 0.29) is 5.69 Å². The summed E-state index contributed by atoms with van der Waals surface area (Å²) < 4.78 is 6.19. The molecule has 1 rings (SSSR count). The number of nitro groups is 1. The van der Waals surface area contributed by atoms with Crippen molar-refractivity contribution in [2.24, 2.45) is 0 Å². The van der Waals surface area contributed by atoms with Crippen molar-refractivity contribution >= 4 is 21.6 Å². The zero-order valence-corrected chi connectivity index (χ0v) is 12.1. The van der Waals surface area contributed by atoms with Gasteiger partial charge in [0.1, 0.15) is 6.61 Å². The molecule has 100 valence electrons. The summed E-state index contributed by atoms with van der Waals surface area (Å²) in [5.41, 5.74) is 0.754. The van der Waals surface area contributed by atoms with Gasteiger partial charge >= 0.3 is 5.69 Å². The maximum Gasteiger partial charge on any atom is 0.312 e.